The Morgan fingerprint density at radius 3 is 2.05 bits per heavy atom. The number of guanidine groups is 1. The number of nitrogens with two attached hydrogens (primary N) is 1. The number of aliphatic imine (C=N–C) groups is 1. The van der Waals surface area contributed by atoms with E-state index in [9.17, 15) is 0 Å². The molecule has 1 aliphatic rings. The van der Waals surface area contributed by atoms with E-state index in [0.29, 0.717) is 17.9 Å². The normalized spacial score (nSPS) is 18.2. The quantitative estimate of drug-likeness (QED) is 0.349. The smallest absolute Gasteiger partial charge is 0.208 e. The predicted octanol–water partition coefficient (Wildman–Crippen LogP) is 2.75. The molecule has 0 unspecified atom stereocenters. The van der Waals surface area contributed by atoms with E-state index in [1.807, 2.05) is 0 Å². The van der Waals surface area contributed by atoms with Gasteiger partial charge in [0.25, 0.3) is 0 Å². The average molecular weight is 268 g/mol. The van der Waals surface area contributed by atoms with Gasteiger partial charge in [-0.15, -0.1) is 0 Å². The van der Waals surface area contributed by atoms with Crippen molar-refractivity contribution in [1.82, 2.24) is 10.3 Å². The van der Waals surface area contributed by atoms with Gasteiger partial charge in [0.05, 0.1) is 6.04 Å². The van der Waals surface area contributed by atoms with Crippen LogP contribution >= 0.6 is 0 Å². The lowest BCUT2D eigenvalue weighted by Gasteiger charge is -2.30. The molecule has 1 rings (SSSR count). The Morgan fingerprint density at radius 2 is 1.63 bits per heavy atom. The molecule has 1 aliphatic carbocycles. The number of hydrogen-bond donors (Lipinski definition) is 2. The first kappa shape index (κ1) is 16.3. The first-order chi connectivity index (χ1) is 9.02. The van der Waals surface area contributed by atoms with Crippen molar-refractivity contribution in [3.63, 3.8) is 0 Å². The highest BCUT2D eigenvalue weighted by Crippen LogP contribution is 2.20. The monoisotopic (exact) mass is 268 g/mol. The molecule has 0 aromatic carbocycles. The Balaban J connectivity index is 2.71. The minimum Gasteiger partial charge on any atom is -0.341 e. The molecule has 3 N–H and O–H groups in total. The van der Waals surface area contributed by atoms with Crippen molar-refractivity contribution >= 4 is 5.96 Å². The standard InChI is InChI=1S/C15H32N4/c1-12(2)10-19(11-13(3)4)15(18-16)17-14-8-6-5-7-9-14/h12-14H,5-11,16H2,1-4H3,(H,17,18). The first-order valence-electron chi connectivity index (χ1n) is 7.82. The molecule has 0 saturated heterocycles. The first-order valence-corrected chi connectivity index (χ1v) is 7.82. The van der Waals surface area contributed by atoms with Crippen LogP contribution in [0.2, 0.25) is 0 Å². The van der Waals surface area contributed by atoms with Gasteiger partial charge >= 0.3 is 0 Å². The molecule has 1 saturated carbocycles. The number of nitrogens with zero attached hydrogens (tertiary/aromatic N) is 2. The zero-order chi connectivity index (χ0) is 14.3. The van der Waals surface area contributed by atoms with Gasteiger partial charge in [0, 0.05) is 13.1 Å². The molecular formula is C15H32N4. The predicted molar refractivity (Wildman–Crippen MR) is 82.9 cm³/mol. The number of nitrogens with one attached hydrogen (secondary N) is 1. The summed E-state index contributed by atoms with van der Waals surface area (Å²) in [6.07, 6.45) is 6.39. The third-order valence-electron chi connectivity index (χ3n) is 3.48. The minimum atomic E-state index is 0.460. The summed E-state index contributed by atoms with van der Waals surface area (Å²) < 4.78 is 0. The van der Waals surface area contributed by atoms with E-state index < -0.39 is 0 Å². The van der Waals surface area contributed by atoms with Gasteiger partial charge in [0.15, 0.2) is 0 Å². The van der Waals surface area contributed by atoms with Crippen LogP contribution in [0.5, 0.6) is 0 Å². The van der Waals surface area contributed by atoms with E-state index in [2.05, 4.69) is 38.0 Å². The van der Waals surface area contributed by atoms with Crippen molar-refractivity contribution in [2.45, 2.75) is 65.8 Å². The van der Waals surface area contributed by atoms with E-state index >= 15 is 0 Å². The van der Waals surface area contributed by atoms with Crippen LogP contribution in [0.4, 0.5) is 0 Å². The van der Waals surface area contributed by atoms with Crippen LogP contribution in [0, 0.1) is 11.8 Å². The topological polar surface area (TPSA) is 53.6 Å². The van der Waals surface area contributed by atoms with E-state index in [-0.39, 0.29) is 0 Å². The van der Waals surface area contributed by atoms with Crippen molar-refractivity contribution in [2.75, 3.05) is 13.1 Å². The number of rotatable bonds is 5. The minimum absolute atomic E-state index is 0.460. The summed E-state index contributed by atoms with van der Waals surface area (Å²) in [7, 11) is 0. The summed E-state index contributed by atoms with van der Waals surface area (Å²) in [6.45, 7) is 11.0. The number of hydrogen-bond acceptors (Lipinski definition) is 2. The Hall–Kier alpha value is -0.770. The lowest BCUT2D eigenvalue weighted by molar-refractivity contribution is 0.314. The van der Waals surface area contributed by atoms with E-state index in [1.165, 1.54) is 32.1 Å². The Bertz CT molecular complexity index is 257. The fourth-order valence-electron chi connectivity index (χ4n) is 2.72. The fourth-order valence-corrected chi connectivity index (χ4v) is 2.72. The molecule has 4 heteroatoms. The van der Waals surface area contributed by atoms with Crippen LogP contribution in [0.25, 0.3) is 0 Å². The van der Waals surface area contributed by atoms with Gasteiger partial charge in [-0.1, -0.05) is 47.0 Å². The van der Waals surface area contributed by atoms with Crippen molar-refractivity contribution in [2.24, 2.45) is 22.7 Å². The average Bonchev–Trinajstić information content (AvgIpc) is 2.35. The van der Waals surface area contributed by atoms with Crippen LogP contribution in [0.15, 0.2) is 4.99 Å². The summed E-state index contributed by atoms with van der Waals surface area (Å²) in [5.74, 6) is 7.83. The zero-order valence-corrected chi connectivity index (χ0v) is 13.2. The second kappa shape index (κ2) is 8.41. The second-order valence-electron chi connectivity index (χ2n) is 6.58. The van der Waals surface area contributed by atoms with Crippen LogP contribution in [-0.2, 0) is 0 Å². The molecule has 112 valence electrons. The maximum atomic E-state index is 5.72. The second-order valence-corrected chi connectivity index (χ2v) is 6.58. The van der Waals surface area contributed by atoms with E-state index in [1.54, 1.807) is 0 Å². The molecule has 1 fully saturated rings. The Labute approximate surface area is 118 Å². The van der Waals surface area contributed by atoms with Gasteiger partial charge in [0.1, 0.15) is 0 Å². The summed E-state index contributed by atoms with van der Waals surface area (Å²) in [6, 6.07) is 0.460. The van der Waals surface area contributed by atoms with Crippen LogP contribution in [0.3, 0.4) is 0 Å². The summed E-state index contributed by atoms with van der Waals surface area (Å²) in [5, 5.41) is 0. The highest BCUT2D eigenvalue weighted by Gasteiger charge is 2.17. The van der Waals surface area contributed by atoms with Gasteiger partial charge in [-0.25, -0.2) is 10.8 Å². The van der Waals surface area contributed by atoms with Crippen molar-refractivity contribution in [1.29, 1.82) is 0 Å². The third kappa shape index (κ3) is 6.28. The molecule has 0 atom stereocenters. The van der Waals surface area contributed by atoms with Crippen LogP contribution in [-0.4, -0.2) is 30.0 Å². The molecule has 0 amide bonds. The molecular weight excluding hydrogens is 236 g/mol. The third-order valence-corrected chi connectivity index (χ3v) is 3.48. The van der Waals surface area contributed by atoms with Crippen LogP contribution in [0.1, 0.15) is 59.8 Å². The zero-order valence-electron chi connectivity index (χ0n) is 13.2. The molecule has 0 heterocycles. The van der Waals surface area contributed by atoms with Gasteiger partial charge in [-0.3, -0.25) is 5.43 Å². The molecule has 0 aliphatic heterocycles. The molecule has 0 radical (unpaired) electrons. The summed E-state index contributed by atoms with van der Waals surface area (Å²) in [4.78, 5) is 7.18. The molecule has 0 aromatic rings. The SMILES string of the molecule is CC(C)CN(CC(C)C)C(=NC1CCCCC1)NN. The Morgan fingerprint density at radius 1 is 1.11 bits per heavy atom. The van der Waals surface area contributed by atoms with Gasteiger partial charge in [-0.05, 0) is 24.7 Å². The molecule has 0 aromatic heterocycles. The fraction of sp³-hybridized carbons (Fsp3) is 0.933. The summed E-state index contributed by atoms with van der Waals surface area (Å²) >= 11 is 0. The number of hydrazine groups is 1. The maximum absolute atomic E-state index is 5.72. The Kier molecular flexibility index (Phi) is 7.21. The van der Waals surface area contributed by atoms with Crippen molar-refractivity contribution in [3.05, 3.63) is 0 Å². The molecule has 19 heavy (non-hydrogen) atoms. The molecule has 0 bridgehead atoms. The highest BCUT2D eigenvalue weighted by molar-refractivity contribution is 5.79. The van der Waals surface area contributed by atoms with Gasteiger partial charge in [-0.2, -0.15) is 0 Å². The molecule has 0 spiro atoms. The van der Waals surface area contributed by atoms with Crippen LogP contribution < -0.4 is 11.3 Å². The van der Waals surface area contributed by atoms with Gasteiger partial charge in [0.2, 0.25) is 5.96 Å². The van der Waals surface area contributed by atoms with Crippen molar-refractivity contribution < 1.29 is 0 Å². The summed E-state index contributed by atoms with van der Waals surface area (Å²) in [5.41, 5.74) is 2.84. The van der Waals surface area contributed by atoms with Crippen molar-refractivity contribution in [3.8, 4) is 0 Å². The largest absolute Gasteiger partial charge is 0.341 e. The lowest BCUT2D eigenvalue weighted by atomic mass is 9.96. The van der Waals surface area contributed by atoms with E-state index in [0.717, 1.165) is 19.0 Å². The van der Waals surface area contributed by atoms with Gasteiger partial charge < -0.3 is 4.90 Å². The molecule has 4 nitrogen and oxygen atoms in total. The highest BCUT2D eigenvalue weighted by atomic mass is 15.4. The lowest BCUT2D eigenvalue weighted by Crippen LogP contribution is -2.48. The van der Waals surface area contributed by atoms with E-state index in [4.69, 9.17) is 10.8 Å². The maximum Gasteiger partial charge on any atom is 0.208 e.